The van der Waals surface area contributed by atoms with E-state index in [2.05, 4.69) is 193 Å². The van der Waals surface area contributed by atoms with Crippen molar-refractivity contribution in [2.45, 2.75) is 758 Å². The fourth-order valence-corrected chi connectivity index (χ4v) is 110. The van der Waals surface area contributed by atoms with Crippen LogP contribution in [0.1, 0.15) is 444 Å². The first-order valence-electron chi connectivity index (χ1n) is 64.7. The fraction of sp³-hybridized carbons (Fsp3) is 0.992. The molecule has 2 nitrogen and oxygen atoms in total. The van der Waals surface area contributed by atoms with E-state index in [1.54, 1.807) is 385 Å². The first-order valence-corrected chi connectivity index (χ1v) is 101. The Bertz CT molecular complexity index is 2070. The van der Waals surface area contributed by atoms with Crippen LogP contribution in [0.2, 0.25) is 314 Å². The number of isocyanates is 1. The molecule has 0 N–H and O–H groups in total. The standard InChI is InChI=1S/C121H267NOSi13/c1-28-69-124(70-29-2,71-30-3)97-56-109-134(110-57-98-125(72-31-4,73-32-5)74-33-6,111-58-99-126(75-34-7,76-35-8)77-36-9)118-65-106-133(96-55-68-122-121-123,107-66-119-135(112-59-100-127(78-37-10,79-38-11)80-39-12,113-60-101-128(81-40-13,82-41-14)83-42-15)114-61-102-129(84-43-16,85-44-17)86-45-18)108-67-120-136(115-62-103-130(87-46-19,88-47-20)89-48-21,116-63-104-131(90-49-22,91-50-23)92-51-24)117-64-105-132(93-52-25,94-53-26)95-54-27/h28-120H2,1-27H3. The lowest BCUT2D eigenvalue weighted by Gasteiger charge is -2.41. The van der Waals surface area contributed by atoms with Crippen molar-refractivity contribution < 1.29 is 4.79 Å². The summed E-state index contributed by atoms with van der Waals surface area (Å²) in [5.41, 5.74) is 0. The number of hydrogen-bond acceptors (Lipinski definition) is 2. The minimum absolute atomic E-state index is 0.749. The smallest absolute Gasteiger partial charge is 0.211 e. The van der Waals surface area contributed by atoms with Gasteiger partial charge >= 0.3 is 0 Å². The molecule has 0 aromatic heterocycles. The molecule has 0 aliphatic carbocycles. The van der Waals surface area contributed by atoms with Gasteiger partial charge in [0, 0.05) is 0 Å². The van der Waals surface area contributed by atoms with Crippen LogP contribution in [-0.2, 0) is 4.79 Å². The van der Waals surface area contributed by atoms with E-state index in [0.29, 0.717) is 0 Å². The second-order valence-corrected chi connectivity index (χ2v) is 116. The lowest BCUT2D eigenvalue weighted by Crippen LogP contribution is -2.42. The summed E-state index contributed by atoms with van der Waals surface area (Å²) in [5.74, 6) is 0. The molecule has 0 aliphatic rings. The molecule has 0 heterocycles. The zero-order chi connectivity index (χ0) is 102. The van der Waals surface area contributed by atoms with Crippen molar-refractivity contribution in [1.82, 2.24) is 0 Å². The third kappa shape index (κ3) is 54.8. The molecule has 0 aliphatic heterocycles. The Morgan fingerprint density at radius 2 is 0.176 bits per heavy atom. The van der Waals surface area contributed by atoms with Crippen LogP contribution in [0.3, 0.4) is 0 Å². The Labute approximate surface area is 878 Å². The van der Waals surface area contributed by atoms with Gasteiger partial charge in [-0.05, 0) is 6.42 Å². The summed E-state index contributed by atoms with van der Waals surface area (Å²) in [5, 5.41) is 0. The van der Waals surface area contributed by atoms with Crippen LogP contribution in [0.4, 0.5) is 0 Å². The Morgan fingerprint density at radius 3 is 0.243 bits per heavy atom. The zero-order valence-corrected chi connectivity index (χ0v) is 114. The SMILES string of the molecule is CCC[Si](CCC)(CCC)CCC[Si](CCC[Si](CCC)(CCC)CCC)(CCC[Si](CCC)(CCC)CCC)CCC[Si](CCCN=C=O)(CCC[Si](CCC[Si](CCC)(CCC)CCC)(CCC[Si](CCC)(CCC)CCC)CCC[Si](CCC)(CCC)CCC)CCC[Si](CCC[Si](CCC)(CCC)CCC)(CCC[Si](CCC)(CCC)CCC)CCC[Si](CCC)(CCC)CCC. The van der Waals surface area contributed by atoms with Crippen molar-refractivity contribution in [3.63, 3.8) is 0 Å². The van der Waals surface area contributed by atoms with Crippen molar-refractivity contribution >= 4 is 111 Å². The predicted molar refractivity (Wildman–Crippen MR) is 676 cm³/mol. The Morgan fingerprint density at radius 1 is 0.110 bits per heavy atom. The molecule has 0 fully saturated rings. The first-order chi connectivity index (χ1) is 65.7. The van der Waals surface area contributed by atoms with E-state index >= 15 is 0 Å². The van der Waals surface area contributed by atoms with Crippen molar-refractivity contribution in [3.05, 3.63) is 0 Å². The molecule has 0 saturated heterocycles. The lowest BCUT2D eigenvalue weighted by atomic mass is 10.5. The number of carbonyl (C=O) groups excluding carboxylic acids is 1. The van der Waals surface area contributed by atoms with Crippen LogP contribution in [0.5, 0.6) is 0 Å². The van der Waals surface area contributed by atoms with Gasteiger partial charge in [-0.3, -0.25) is 0 Å². The summed E-state index contributed by atoms with van der Waals surface area (Å²) in [4.78, 5) is 17.6. The summed E-state index contributed by atoms with van der Waals surface area (Å²) in [6.07, 6.45) is 61.3. The number of nitrogens with zero attached hydrogens (tertiary/aromatic N) is 1. The van der Waals surface area contributed by atoms with Gasteiger partial charge in [0.05, 0.1) is 112 Å². The predicted octanol–water partition coefficient (Wildman–Crippen LogP) is 48.3. The number of hydrogen-bond donors (Lipinski definition) is 0. The van der Waals surface area contributed by atoms with Crippen molar-refractivity contribution in [1.29, 1.82) is 0 Å². The molecular weight excluding hydrogens is 1850 g/mol. The normalized spacial score (nSPS) is 13.5. The van der Waals surface area contributed by atoms with Gasteiger partial charge in [0.25, 0.3) is 0 Å². The van der Waals surface area contributed by atoms with Gasteiger partial charge in [0.15, 0.2) is 0 Å². The van der Waals surface area contributed by atoms with Gasteiger partial charge in [-0.1, -0.05) is 752 Å². The number of rotatable bonds is 106. The molecule has 0 bridgehead atoms. The minimum Gasteiger partial charge on any atom is -0.211 e. The van der Waals surface area contributed by atoms with E-state index in [1.165, 1.54) is 186 Å². The van der Waals surface area contributed by atoms with Crippen LogP contribution < -0.4 is 0 Å². The van der Waals surface area contributed by atoms with E-state index in [-0.39, 0.29) is 0 Å². The highest BCUT2D eigenvalue weighted by molar-refractivity contribution is 6.87. The molecule has 0 aromatic carbocycles. The summed E-state index contributed by atoms with van der Waals surface area (Å²) < 4.78 is 0. The molecule has 0 saturated carbocycles. The molecule has 0 rings (SSSR count). The Hall–Kier alpha value is 2.20. The molecule has 0 radical (unpaired) electrons. The molecule has 136 heavy (non-hydrogen) atoms. The van der Waals surface area contributed by atoms with Crippen molar-refractivity contribution in [3.8, 4) is 0 Å². The average molecular weight is 2120 g/mol. The van der Waals surface area contributed by atoms with Crippen LogP contribution in [0.25, 0.3) is 0 Å². The zero-order valence-electron chi connectivity index (χ0n) is 101. The van der Waals surface area contributed by atoms with E-state index in [4.69, 9.17) is 4.99 Å². The van der Waals surface area contributed by atoms with E-state index in [9.17, 15) is 4.79 Å². The third-order valence-corrected chi connectivity index (χ3v) is 117. The Kier molecular flexibility index (Phi) is 84.3. The summed E-state index contributed by atoms with van der Waals surface area (Å²) in [6.45, 7) is 70.9. The fourth-order valence-electron chi connectivity index (χ4n) is 34.7. The second-order valence-electron chi connectivity index (χ2n) is 51.1. The summed E-state index contributed by atoms with van der Waals surface area (Å²) in [7, 11) is -19.9. The third-order valence-electron chi connectivity index (χ3n) is 39.1. The highest BCUT2D eigenvalue weighted by Crippen LogP contribution is 2.50. The summed E-state index contributed by atoms with van der Waals surface area (Å²) in [6, 6.07) is 85.1. The van der Waals surface area contributed by atoms with Gasteiger partial charge < -0.3 is 0 Å². The molecule has 0 aromatic rings. The van der Waals surface area contributed by atoms with Crippen LogP contribution >= 0.6 is 0 Å². The van der Waals surface area contributed by atoms with Crippen molar-refractivity contribution in [2.75, 3.05) is 6.54 Å². The molecule has 15 heteroatoms. The van der Waals surface area contributed by atoms with Crippen molar-refractivity contribution in [2.24, 2.45) is 4.99 Å². The second kappa shape index (κ2) is 82.9. The van der Waals surface area contributed by atoms with Gasteiger partial charge in [0.1, 0.15) is 0 Å². The van der Waals surface area contributed by atoms with Gasteiger partial charge in [-0.15, -0.1) is 0 Å². The largest absolute Gasteiger partial charge is 0.234 e. The highest BCUT2D eigenvalue weighted by Gasteiger charge is 2.46. The van der Waals surface area contributed by atoms with Crippen LogP contribution in [0.15, 0.2) is 4.99 Å². The topological polar surface area (TPSA) is 29.4 Å². The highest BCUT2D eigenvalue weighted by atomic mass is 28.4. The quantitative estimate of drug-likeness (QED) is 0.0258. The molecule has 0 spiro atoms. The maximum Gasteiger partial charge on any atom is 0.234 e. The lowest BCUT2D eigenvalue weighted by molar-refractivity contribution is 0.562. The van der Waals surface area contributed by atoms with Gasteiger partial charge in [-0.25, -0.2) is 9.79 Å². The van der Waals surface area contributed by atoms with E-state index in [0.717, 1.165) is 6.54 Å². The maximum absolute atomic E-state index is 12.8. The molecule has 814 valence electrons. The van der Waals surface area contributed by atoms with Crippen LogP contribution in [-0.4, -0.2) is 118 Å². The minimum atomic E-state index is -2.05. The van der Waals surface area contributed by atoms with E-state index in [1.807, 2.05) is 0 Å². The first kappa shape index (κ1) is 138. The number of aliphatic imine (C=N–C) groups is 1. The van der Waals surface area contributed by atoms with Gasteiger partial charge in [0.2, 0.25) is 6.08 Å². The Balaban J connectivity index is 10.7. The molecule has 0 amide bonds. The molecule has 0 unspecified atom stereocenters. The monoisotopic (exact) mass is 2110 g/mol. The molecular formula is C121H267NOSi13. The summed E-state index contributed by atoms with van der Waals surface area (Å²) >= 11 is 0. The van der Waals surface area contributed by atoms with E-state index < -0.39 is 105 Å². The maximum atomic E-state index is 12.8. The molecule has 0 atom stereocenters. The van der Waals surface area contributed by atoms with Crippen LogP contribution in [0, 0.1) is 0 Å². The average Bonchev–Trinajstić information content (AvgIpc) is 0.824. The van der Waals surface area contributed by atoms with Gasteiger partial charge in [-0.2, -0.15) is 0 Å².